The van der Waals surface area contributed by atoms with Crippen LogP contribution in [0.4, 0.5) is 0 Å². The molecule has 0 saturated carbocycles. The number of hydrogen-bond acceptors (Lipinski definition) is 4. The van der Waals surface area contributed by atoms with Crippen molar-refractivity contribution in [1.29, 1.82) is 0 Å². The van der Waals surface area contributed by atoms with Crippen molar-refractivity contribution in [2.45, 2.75) is 72.0 Å². The van der Waals surface area contributed by atoms with Crippen LogP contribution in [0.1, 0.15) is 51.5 Å². The normalized spacial score (nSPS) is 11.4. The number of fused-ring (bicyclic) bond motifs is 1. The van der Waals surface area contributed by atoms with Crippen LogP contribution < -0.4 is 16.0 Å². The van der Waals surface area contributed by atoms with Crippen molar-refractivity contribution in [2.75, 3.05) is 7.11 Å². The predicted octanol–water partition coefficient (Wildman–Crippen LogP) is 4.25. The van der Waals surface area contributed by atoms with Gasteiger partial charge in [0.1, 0.15) is 5.75 Å². The SMILES string of the molecule is CCCCCn1c(=O)n(CCCc2cccc(OC)c2)c(=O)c2c1nc(Cl)n2CCC. The van der Waals surface area contributed by atoms with Crippen LogP contribution in [-0.2, 0) is 26.1 Å². The summed E-state index contributed by atoms with van der Waals surface area (Å²) in [7, 11) is 1.64. The van der Waals surface area contributed by atoms with Gasteiger partial charge in [-0.1, -0.05) is 38.8 Å². The van der Waals surface area contributed by atoms with Crippen molar-refractivity contribution in [3.05, 3.63) is 56.0 Å². The maximum atomic E-state index is 13.3. The van der Waals surface area contributed by atoms with Crippen molar-refractivity contribution in [1.82, 2.24) is 18.7 Å². The lowest BCUT2D eigenvalue weighted by Gasteiger charge is -2.12. The summed E-state index contributed by atoms with van der Waals surface area (Å²) in [5.41, 5.74) is 1.30. The van der Waals surface area contributed by atoms with E-state index in [1.54, 1.807) is 16.2 Å². The van der Waals surface area contributed by atoms with Crippen molar-refractivity contribution in [3.8, 4) is 5.75 Å². The Morgan fingerprint density at radius 2 is 1.74 bits per heavy atom. The first-order chi connectivity index (χ1) is 15.0. The summed E-state index contributed by atoms with van der Waals surface area (Å²) < 4.78 is 9.97. The number of halogens is 1. The van der Waals surface area contributed by atoms with E-state index in [-0.39, 0.29) is 16.5 Å². The molecule has 3 aromatic rings. The zero-order valence-electron chi connectivity index (χ0n) is 18.6. The monoisotopic (exact) mass is 446 g/mol. The number of rotatable bonds is 11. The summed E-state index contributed by atoms with van der Waals surface area (Å²) in [6, 6.07) is 7.84. The van der Waals surface area contributed by atoms with Gasteiger partial charge in [-0.05, 0) is 55.0 Å². The molecule has 3 rings (SSSR count). The van der Waals surface area contributed by atoms with Gasteiger partial charge in [-0.2, -0.15) is 4.98 Å². The van der Waals surface area contributed by atoms with Gasteiger partial charge in [0.25, 0.3) is 5.56 Å². The molecule has 168 valence electrons. The smallest absolute Gasteiger partial charge is 0.332 e. The number of methoxy groups -OCH3 is 1. The molecule has 2 heterocycles. The van der Waals surface area contributed by atoms with E-state index in [0.29, 0.717) is 37.2 Å². The number of nitrogens with zero attached hydrogens (tertiary/aromatic N) is 4. The molecule has 0 fully saturated rings. The van der Waals surface area contributed by atoms with Crippen molar-refractivity contribution >= 4 is 22.8 Å². The summed E-state index contributed by atoms with van der Waals surface area (Å²) in [5, 5.41) is 0.256. The molecule has 0 amide bonds. The number of unbranched alkanes of at least 4 members (excludes halogenated alkanes) is 2. The van der Waals surface area contributed by atoms with Gasteiger partial charge in [0.05, 0.1) is 7.11 Å². The second-order valence-corrected chi connectivity index (χ2v) is 8.10. The van der Waals surface area contributed by atoms with Gasteiger partial charge in [-0.3, -0.25) is 13.9 Å². The summed E-state index contributed by atoms with van der Waals surface area (Å²) >= 11 is 6.35. The molecule has 0 saturated heterocycles. The minimum atomic E-state index is -0.315. The van der Waals surface area contributed by atoms with Gasteiger partial charge < -0.3 is 9.30 Å². The molecule has 0 bridgehead atoms. The van der Waals surface area contributed by atoms with Crippen LogP contribution in [0.5, 0.6) is 5.75 Å². The third kappa shape index (κ3) is 5.03. The second-order valence-electron chi connectivity index (χ2n) is 7.76. The molecule has 8 heteroatoms. The third-order valence-corrected chi connectivity index (χ3v) is 5.77. The minimum absolute atomic E-state index is 0.256. The molecule has 31 heavy (non-hydrogen) atoms. The topological polar surface area (TPSA) is 71.1 Å². The molecule has 0 aliphatic carbocycles. The molecule has 0 radical (unpaired) electrons. The Balaban J connectivity index is 1.97. The predicted molar refractivity (Wildman–Crippen MR) is 124 cm³/mol. The maximum Gasteiger partial charge on any atom is 0.332 e. The highest BCUT2D eigenvalue weighted by molar-refractivity contribution is 6.29. The maximum absolute atomic E-state index is 13.3. The highest BCUT2D eigenvalue weighted by Gasteiger charge is 2.20. The minimum Gasteiger partial charge on any atom is -0.497 e. The zero-order chi connectivity index (χ0) is 22.4. The fraction of sp³-hybridized carbons (Fsp3) is 0.522. The number of aryl methyl sites for hydroxylation is 3. The highest BCUT2D eigenvalue weighted by Crippen LogP contribution is 2.18. The van der Waals surface area contributed by atoms with E-state index < -0.39 is 0 Å². The first-order valence-electron chi connectivity index (χ1n) is 11.0. The van der Waals surface area contributed by atoms with Gasteiger partial charge >= 0.3 is 5.69 Å². The summed E-state index contributed by atoms with van der Waals surface area (Å²) in [5.74, 6) is 0.799. The first-order valence-corrected chi connectivity index (χ1v) is 11.4. The van der Waals surface area contributed by atoms with Crippen LogP contribution in [0, 0.1) is 0 Å². The second kappa shape index (κ2) is 10.7. The molecule has 2 aromatic heterocycles. The largest absolute Gasteiger partial charge is 0.497 e. The standard InChI is InChI=1S/C23H31ClN4O3/c1-4-6-7-14-27-20-19(26(13-5-2)22(24)25-20)21(29)28(23(27)30)15-9-11-17-10-8-12-18(16-17)31-3/h8,10,12,16H,4-7,9,11,13-15H2,1-3H3. The molecule has 0 unspecified atom stereocenters. The average molecular weight is 447 g/mol. The zero-order valence-corrected chi connectivity index (χ0v) is 19.3. The van der Waals surface area contributed by atoms with E-state index in [1.165, 1.54) is 4.57 Å². The lowest BCUT2D eigenvalue weighted by atomic mass is 10.1. The molecule has 0 aliphatic rings. The van der Waals surface area contributed by atoms with Crippen LogP contribution in [0.3, 0.4) is 0 Å². The van der Waals surface area contributed by atoms with E-state index in [4.69, 9.17) is 16.3 Å². The van der Waals surface area contributed by atoms with Crippen LogP contribution in [0.2, 0.25) is 5.28 Å². The number of ether oxygens (including phenoxy) is 1. The average Bonchev–Trinajstić information content (AvgIpc) is 3.09. The molecule has 0 aliphatic heterocycles. The lowest BCUT2D eigenvalue weighted by molar-refractivity contribution is 0.414. The number of benzene rings is 1. The van der Waals surface area contributed by atoms with E-state index in [1.807, 2.05) is 31.2 Å². The van der Waals surface area contributed by atoms with Crippen LogP contribution >= 0.6 is 11.6 Å². The Morgan fingerprint density at radius 3 is 2.45 bits per heavy atom. The van der Waals surface area contributed by atoms with Crippen molar-refractivity contribution in [3.63, 3.8) is 0 Å². The van der Waals surface area contributed by atoms with Crippen LogP contribution in [0.15, 0.2) is 33.9 Å². The molecule has 0 atom stereocenters. The molecule has 0 spiro atoms. The van der Waals surface area contributed by atoms with Gasteiger partial charge in [-0.15, -0.1) is 0 Å². The van der Waals surface area contributed by atoms with E-state index in [9.17, 15) is 9.59 Å². The van der Waals surface area contributed by atoms with Gasteiger partial charge in [-0.25, -0.2) is 4.79 Å². The van der Waals surface area contributed by atoms with Gasteiger partial charge in [0.15, 0.2) is 11.2 Å². The van der Waals surface area contributed by atoms with Crippen molar-refractivity contribution in [2.24, 2.45) is 0 Å². The fourth-order valence-electron chi connectivity index (χ4n) is 3.88. The third-order valence-electron chi connectivity index (χ3n) is 5.48. The van der Waals surface area contributed by atoms with E-state index in [0.717, 1.165) is 43.4 Å². The molecule has 0 N–H and O–H groups in total. The van der Waals surface area contributed by atoms with Gasteiger partial charge in [0.2, 0.25) is 5.28 Å². The molecular formula is C23H31ClN4O3. The Morgan fingerprint density at radius 1 is 0.968 bits per heavy atom. The van der Waals surface area contributed by atoms with Crippen LogP contribution in [0.25, 0.3) is 11.2 Å². The van der Waals surface area contributed by atoms with Crippen LogP contribution in [-0.4, -0.2) is 25.8 Å². The number of imidazole rings is 1. The Labute approximate surface area is 187 Å². The summed E-state index contributed by atoms with van der Waals surface area (Å²) in [6.07, 6.45) is 5.13. The number of hydrogen-bond donors (Lipinski definition) is 0. The Kier molecular flexibility index (Phi) is 7.96. The molecule has 1 aromatic carbocycles. The first kappa shape index (κ1) is 23.1. The fourth-order valence-corrected chi connectivity index (χ4v) is 4.13. The van der Waals surface area contributed by atoms with Crippen molar-refractivity contribution < 1.29 is 4.74 Å². The molecular weight excluding hydrogens is 416 g/mol. The lowest BCUT2D eigenvalue weighted by Crippen LogP contribution is -2.41. The van der Waals surface area contributed by atoms with Gasteiger partial charge in [0, 0.05) is 19.6 Å². The summed E-state index contributed by atoms with van der Waals surface area (Å²) in [4.78, 5) is 30.9. The molecule has 7 nitrogen and oxygen atoms in total. The number of aromatic nitrogens is 4. The quantitative estimate of drug-likeness (QED) is 0.326. The highest BCUT2D eigenvalue weighted by atomic mass is 35.5. The summed E-state index contributed by atoms with van der Waals surface area (Å²) in [6.45, 7) is 5.59. The van der Waals surface area contributed by atoms with E-state index >= 15 is 0 Å². The Bertz CT molecular complexity index is 1150. The van der Waals surface area contributed by atoms with E-state index in [2.05, 4.69) is 11.9 Å². The Hall–Kier alpha value is -2.54.